The molecule has 7 nitrogen and oxygen atoms in total. The fourth-order valence-corrected chi connectivity index (χ4v) is 3.96. The Kier molecular flexibility index (Phi) is 5.85. The summed E-state index contributed by atoms with van der Waals surface area (Å²) in [7, 11) is 1.73. The first kappa shape index (κ1) is 19.0. The molecule has 0 spiro atoms. The Hall–Kier alpha value is -2.74. The zero-order chi connectivity index (χ0) is 19.4. The van der Waals surface area contributed by atoms with Crippen molar-refractivity contribution in [2.75, 3.05) is 13.6 Å². The molecule has 1 saturated heterocycles. The van der Waals surface area contributed by atoms with E-state index in [9.17, 15) is 14.4 Å². The first-order valence-electron chi connectivity index (χ1n) is 8.52. The summed E-state index contributed by atoms with van der Waals surface area (Å²) in [5.74, 6) is -0.496. The molecule has 8 heteroatoms. The largest absolute Gasteiger partial charge is 0.478 e. The molecule has 0 aliphatic carbocycles. The number of rotatable bonds is 6. The minimum absolute atomic E-state index is 0.0815. The van der Waals surface area contributed by atoms with E-state index < -0.39 is 5.97 Å². The van der Waals surface area contributed by atoms with Gasteiger partial charge in [-0.05, 0) is 24.6 Å². The van der Waals surface area contributed by atoms with Crippen molar-refractivity contribution in [3.8, 4) is 0 Å². The molecule has 1 aromatic heterocycles. The molecule has 1 aromatic carbocycles. The lowest BCUT2D eigenvalue weighted by Gasteiger charge is -2.30. The maximum absolute atomic E-state index is 12.7. The normalized spacial score (nSPS) is 17.0. The van der Waals surface area contributed by atoms with Crippen LogP contribution in [0, 0.1) is 0 Å². The van der Waals surface area contributed by atoms with Crippen LogP contribution in [0.25, 0.3) is 0 Å². The Morgan fingerprint density at radius 3 is 2.81 bits per heavy atom. The number of thioether (sulfide) groups is 1. The van der Waals surface area contributed by atoms with Gasteiger partial charge in [0.05, 0.1) is 17.6 Å². The lowest BCUT2D eigenvalue weighted by molar-refractivity contribution is -0.132. The number of hydrogen-bond acceptors (Lipinski definition) is 5. The minimum atomic E-state index is -1.04. The van der Waals surface area contributed by atoms with Crippen LogP contribution < -0.4 is 5.32 Å². The molecule has 2 aromatic rings. The number of nitrogens with zero attached hydrogens (tertiary/aromatic N) is 1. The Balaban J connectivity index is 1.68. The quantitative estimate of drug-likeness (QED) is 0.738. The summed E-state index contributed by atoms with van der Waals surface area (Å²) in [6, 6.07) is 8.49. The first-order valence-corrected chi connectivity index (χ1v) is 9.50. The number of nitrogens with one attached hydrogen (secondary N) is 1. The Labute approximate surface area is 160 Å². The van der Waals surface area contributed by atoms with E-state index in [-0.39, 0.29) is 23.4 Å². The van der Waals surface area contributed by atoms with Crippen molar-refractivity contribution in [1.29, 1.82) is 0 Å². The summed E-state index contributed by atoms with van der Waals surface area (Å²) in [6.07, 6.45) is 2.39. The van der Waals surface area contributed by atoms with Crippen LogP contribution in [0.2, 0.25) is 0 Å². The fraction of sp³-hybridized carbons (Fsp3) is 0.316. The molecular weight excluding hydrogens is 368 g/mol. The summed E-state index contributed by atoms with van der Waals surface area (Å²) in [4.78, 5) is 37.8. The van der Waals surface area contributed by atoms with Gasteiger partial charge in [-0.25, -0.2) is 4.79 Å². The number of likely N-dealkylation sites (N-methyl/N-ethyl adjacent to an activating group) is 1. The number of aromatic carboxylic acids is 1. The topological polar surface area (TPSA) is 99.8 Å². The van der Waals surface area contributed by atoms with Crippen molar-refractivity contribution in [1.82, 2.24) is 10.2 Å². The van der Waals surface area contributed by atoms with Gasteiger partial charge in [0, 0.05) is 31.0 Å². The zero-order valence-corrected chi connectivity index (χ0v) is 15.6. The van der Waals surface area contributed by atoms with Crippen LogP contribution in [-0.4, -0.2) is 47.4 Å². The second kappa shape index (κ2) is 8.30. The van der Waals surface area contributed by atoms with Crippen molar-refractivity contribution in [2.24, 2.45) is 0 Å². The number of amides is 2. The molecular formula is C19H20N2O5S. The number of piperidine rings is 1. The third-order valence-corrected chi connectivity index (χ3v) is 5.50. The van der Waals surface area contributed by atoms with E-state index >= 15 is 0 Å². The first-order chi connectivity index (χ1) is 13.0. The molecule has 0 radical (unpaired) electrons. The summed E-state index contributed by atoms with van der Waals surface area (Å²) < 4.78 is 5.25. The highest BCUT2D eigenvalue weighted by molar-refractivity contribution is 7.98. The van der Waals surface area contributed by atoms with Gasteiger partial charge < -0.3 is 19.7 Å². The Morgan fingerprint density at radius 2 is 2.07 bits per heavy atom. The summed E-state index contributed by atoms with van der Waals surface area (Å²) in [5.41, 5.74) is 0.643. The maximum atomic E-state index is 12.7. The number of carbonyl (C=O) groups excluding carboxylic acids is 2. The molecule has 1 aliphatic rings. The molecule has 1 unspecified atom stereocenters. The average Bonchev–Trinajstić information content (AvgIpc) is 3.12. The molecule has 1 fully saturated rings. The zero-order valence-electron chi connectivity index (χ0n) is 14.8. The SMILES string of the molecule is CN1CC(NC(=O)c2ccccc2SCc2occc2C(=O)O)CCC1=O. The van der Waals surface area contributed by atoms with Crippen LogP contribution >= 0.6 is 11.8 Å². The van der Waals surface area contributed by atoms with Crippen molar-refractivity contribution >= 4 is 29.5 Å². The van der Waals surface area contributed by atoms with Gasteiger partial charge in [-0.2, -0.15) is 0 Å². The van der Waals surface area contributed by atoms with E-state index in [0.29, 0.717) is 36.5 Å². The second-order valence-corrected chi connectivity index (χ2v) is 7.35. The molecule has 1 aliphatic heterocycles. The number of carboxylic acid groups (broad SMARTS) is 1. The highest BCUT2D eigenvalue weighted by Gasteiger charge is 2.25. The van der Waals surface area contributed by atoms with Crippen LogP contribution in [-0.2, 0) is 10.5 Å². The second-order valence-electron chi connectivity index (χ2n) is 6.33. The van der Waals surface area contributed by atoms with Crippen LogP contribution in [0.15, 0.2) is 45.9 Å². The van der Waals surface area contributed by atoms with Gasteiger partial charge in [0.1, 0.15) is 11.3 Å². The number of benzene rings is 1. The Bertz CT molecular complexity index is 863. The molecule has 27 heavy (non-hydrogen) atoms. The Morgan fingerprint density at radius 1 is 1.30 bits per heavy atom. The number of carbonyl (C=O) groups is 3. The molecule has 2 amide bonds. The van der Waals surface area contributed by atoms with Gasteiger partial charge in [-0.3, -0.25) is 9.59 Å². The van der Waals surface area contributed by atoms with E-state index in [0.717, 1.165) is 4.90 Å². The van der Waals surface area contributed by atoms with Crippen LogP contribution in [0.3, 0.4) is 0 Å². The standard InChI is InChI=1S/C19H20N2O5S/c1-21-10-12(6-7-17(21)22)20-18(23)14-4-2-3-5-16(14)27-11-15-13(19(24)25)8-9-26-15/h2-5,8-9,12H,6-7,10-11H2,1H3,(H,20,23)(H,24,25). The van der Waals surface area contributed by atoms with Gasteiger partial charge in [0.15, 0.2) is 0 Å². The third kappa shape index (κ3) is 4.51. The van der Waals surface area contributed by atoms with Gasteiger partial charge in [-0.1, -0.05) is 12.1 Å². The summed E-state index contributed by atoms with van der Waals surface area (Å²) >= 11 is 1.35. The predicted molar refractivity (Wildman–Crippen MR) is 99.8 cm³/mol. The van der Waals surface area contributed by atoms with E-state index in [2.05, 4.69) is 5.32 Å². The van der Waals surface area contributed by atoms with E-state index in [1.807, 2.05) is 12.1 Å². The highest BCUT2D eigenvalue weighted by atomic mass is 32.2. The van der Waals surface area contributed by atoms with Gasteiger partial charge in [-0.15, -0.1) is 11.8 Å². The molecule has 0 bridgehead atoms. The van der Waals surface area contributed by atoms with Gasteiger partial charge >= 0.3 is 5.97 Å². The minimum Gasteiger partial charge on any atom is -0.478 e. The molecule has 2 heterocycles. The maximum Gasteiger partial charge on any atom is 0.339 e. The van der Waals surface area contributed by atoms with Crippen molar-refractivity contribution < 1.29 is 23.9 Å². The number of furan rings is 1. The van der Waals surface area contributed by atoms with E-state index in [1.165, 1.54) is 24.1 Å². The smallest absolute Gasteiger partial charge is 0.339 e. The van der Waals surface area contributed by atoms with Gasteiger partial charge in [0.2, 0.25) is 5.91 Å². The molecule has 142 valence electrons. The number of likely N-dealkylation sites (tertiary alicyclic amines) is 1. The van der Waals surface area contributed by atoms with Crippen LogP contribution in [0.5, 0.6) is 0 Å². The molecule has 3 rings (SSSR count). The van der Waals surface area contributed by atoms with E-state index in [1.54, 1.807) is 24.1 Å². The van der Waals surface area contributed by atoms with Gasteiger partial charge in [0.25, 0.3) is 5.91 Å². The van der Waals surface area contributed by atoms with Crippen molar-refractivity contribution in [2.45, 2.75) is 29.5 Å². The summed E-state index contributed by atoms with van der Waals surface area (Å²) in [5, 5.41) is 12.1. The number of hydrogen-bond donors (Lipinski definition) is 2. The monoisotopic (exact) mass is 388 g/mol. The molecule has 1 atom stereocenters. The predicted octanol–water partition coefficient (Wildman–Crippen LogP) is 2.62. The lowest BCUT2D eigenvalue weighted by atomic mass is 10.1. The van der Waals surface area contributed by atoms with Crippen LogP contribution in [0.1, 0.15) is 39.3 Å². The van der Waals surface area contributed by atoms with Crippen molar-refractivity contribution in [3.63, 3.8) is 0 Å². The lowest BCUT2D eigenvalue weighted by Crippen LogP contribution is -2.48. The molecule has 2 N–H and O–H groups in total. The van der Waals surface area contributed by atoms with Crippen molar-refractivity contribution in [3.05, 3.63) is 53.5 Å². The highest BCUT2D eigenvalue weighted by Crippen LogP contribution is 2.28. The van der Waals surface area contributed by atoms with E-state index in [4.69, 9.17) is 9.52 Å². The molecule has 0 saturated carbocycles. The number of carboxylic acids is 1. The average molecular weight is 388 g/mol. The summed E-state index contributed by atoms with van der Waals surface area (Å²) in [6.45, 7) is 0.494. The third-order valence-electron chi connectivity index (χ3n) is 4.43. The fourth-order valence-electron chi connectivity index (χ4n) is 2.96. The van der Waals surface area contributed by atoms with Crippen LogP contribution in [0.4, 0.5) is 0 Å².